The number of likely N-dealkylation sites (tertiary alicyclic amines) is 1. The third kappa shape index (κ3) is 3.37. The summed E-state index contributed by atoms with van der Waals surface area (Å²) < 4.78 is 53.5. The van der Waals surface area contributed by atoms with Gasteiger partial charge < -0.3 is 4.90 Å². The summed E-state index contributed by atoms with van der Waals surface area (Å²) in [6.07, 6.45) is 1.26. The molecule has 1 unspecified atom stereocenters. The first kappa shape index (κ1) is 17.8. The molecule has 2 aliphatic rings. The smallest absolute Gasteiger partial charge is 0.259 e. The molecule has 136 valence electrons. The van der Waals surface area contributed by atoms with E-state index in [1.54, 1.807) is 0 Å². The van der Waals surface area contributed by atoms with Crippen molar-refractivity contribution in [2.45, 2.75) is 31.4 Å². The van der Waals surface area contributed by atoms with Gasteiger partial charge in [-0.2, -0.15) is 0 Å². The van der Waals surface area contributed by atoms with Gasteiger partial charge in [0.25, 0.3) is 5.91 Å². The number of hydrogen-bond acceptors (Lipinski definition) is 4. The first-order valence-electron chi connectivity index (χ1n) is 7.93. The van der Waals surface area contributed by atoms with E-state index in [1.807, 2.05) is 0 Å². The summed E-state index contributed by atoms with van der Waals surface area (Å²) in [6, 6.07) is 3.13. The highest BCUT2D eigenvalue weighted by atomic mass is 32.2. The Morgan fingerprint density at radius 3 is 2.40 bits per heavy atom. The van der Waals surface area contributed by atoms with Crippen LogP contribution in [0.25, 0.3) is 0 Å². The Labute approximate surface area is 144 Å². The molecule has 2 fully saturated rings. The summed E-state index contributed by atoms with van der Waals surface area (Å²) in [5.74, 6) is -3.49. The molecule has 1 aromatic rings. The number of rotatable bonds is 4. The maximum absolute atomic E-state index is 13.8. The van der Waals surface area contributed by atoms with Crippen molar-refractivity contribution in [2.75, 3.05) is 13.1 Å². The van der Waals surface area contributed by atoms with Crippen molar-refractivity contribution < 1.29 is 26.8 Å². The molecule has 1 saturated carbocycles. The lowest BCUT2D eigenvalue weighted by Gasteiger charge is -2.23. The van der Waals surface area contributed by atoms with E-state index in [0.717, 1.165) is 18.2 Å². The molecule has 6 nitrogen and oxygen atoms in total. The Bertz CT molecular complexity index is 818. The van der Waals surface area contributed by atoms with Crippen LogP contribution in [-0.4, -0.2) is 43.5 Å². The van der Waals surface area contributed by atoms with Gasteiger partial charge >= 0.3 is 0 Å². The normalized spacial score (nSPS) is 23.6. The van der Waals surface area contributed by atoms with Crippen LogP contribution in [0.4, 0.5) is 8.78 Å². The molecule has 1 N–H and O–H groups in total. The molecular weight excluding hydrogens is 354 g/mol. The van der Waals surface area contributed by atoms with Gasteiger partial charge in [-0.3, -0.25) is 14.3 Å². The van der Waals surface area contributed by atoms with Gasteiger partial charge in [0.15, 0.2) is 0 Å². The third-order valence-electron chi connectivity index (χ3n) is 4.68. The number of carbonyl (C=O) groups is 2. The van der Waals surface area contributed by atoms with Crippen molar-refractivity contribution >= 4 is 21.8 Å². The van der Waals surface area contributed by atoms with E-state index in [4.69, 9.17) is 0 Å². The van der Waals surface area contributed by atoms with Gasteiger partial charge in [0.2, 0.25) is 15.9 Å². The fourth-order valence-corrected chi connectivity index (χ4v) is 4.32. The zero-order valence-electron chi connectivity index (χ0n) is 13.6. The zero-order chi connectivity index (χ0) is 18.4. The van der Waals surface area contributed by atoms with Gasteiger partial charge in [-0.05, 0) is 38.3 Å². The molecule has 1 aliphatic carbocycles. The zero-order valence-corrected chi connectivity index (χ0v) is 14.4. The van der Waals surface area contributed by atoms with Crippen LogP contribution in [-0.2, 0) is 14.8 Å². The molecule has 0 spiro atoms. The topological polar surface area (TPSA) is 83.6 Å². The van der Waals surface area contributed by atoms with Gasteiger partial charge in [-0.15, -0.1) is 0 Å². The summed E-state index contributed by atoms with van der Waals surface area (Å²) in [5.41, 5.74) is -1.79. The number of halogens is 2. The van der Waals surface area contributed by atoms with Gasteiger partial charge in [-0.25, -0.2) is 17.2 Å². The van der Waals surface area contributed by atoms with Crippen LogP contribution in [0.5, 0.6) is 0 Å². The van der Waals surface area contributed by atoms with Gasteiger partial charge in [0.1, 0.15) is 17.2 Å². The summed E-state index contributed by atoms with van der Waals surface area (Å²) in [7, 11) is -3.69. The Morgan fingerprint density at radius 2 is 1.84 bits per heavy atom. The maximum atomic E-state index is 13.8. The fraction of sp³-hybridized carbons (Fsp3) is 0.500. The molecule has 1 aromatic carbocycles. The van der Waals surface area contributed by atoms with Gasteiger partial charge in [0.05, 0.1) is 10.7 Å². The van der Waals surface area contributed by atoms with Gasteiger partial charge in [-0.1, -0.05) is 6.07 Å². The lowest BCUT2D eigenvalue weighted by Crippen LogP contribution is -2.45. The molecule has 1 saturated heterocycles. The molecule has 25 heavy (non-hydrogen) atoms. The monoisotopic (exact) mass is 372 g/mol. The maximum Gasteiger partial charge on any atom is 0.259 e. The van der Waals surface area contributed by atoms with E-state index >= 15 is 0 Å². The minimum Gasteiger partial charge on any atom is -0.337 e. The Balaban J connectivity index is 1.74. The SMILES string of the molecule is CC1(C(=O)NS(=O)(=O)C2CC2)CCN(C(=O)c2c(F)cccc2F)C1. The van der Waals surface area contributed by atoms with Crippen molar-refractivity contribution in [3.8, 4) is 0 Å². The Morgan fingerprint density at radius 1 is 1.24 bits per heavy atom. The van der Waals surface area contributed by atoms with E-state index in [2.05, 4.69) is 4.72 Å². The molecular formula is C16H18F2N2O4S. The van der Waals surface area contributed by atoms with Crippen molar-refractivity contribution in [3.63, 3.8) is 0 Å². The van der Waals surface area contributed by atoms with E-state index in [-0.39, 0.29) is 19.5 Å². The molecule has 1 heterocycles. The second-order valence-corrected chi connectivity index (χ2v) is 8.77. The van der Waals surface area contributed by atoms with Crippen LogP contribution in [0.1, 0.15) is 36.5 Å². The number of nitrogens with zero attached hydrogens (tertiary/aromatic N) is 1. The van der Waals surface area contributed by atoms with Crippen LogP contribution in [0.3, 0.4) is 0 Å². The van der Waals surface area contributed by atoms with Crippen LogP contribution >= 0.6 is 0 Å². The number of hydrogen-bond donors (Lipinski definition) is 1. The van der Waals surface area contributed by atoms with Crippen LogP contribution in [0.15, 0.2) is 18.2 Å². The van der Waals surface area contributed by atoms with Crippen molar-refractivity contribution in [2.24, 2.45) is 5.41 Å². The molecule has 2 amide bonds. The second-order valence-electron chi connectivity index (χ2n) is 6.81. The standard InChI is InChI=1S/C16H18F2N2O4S/c1-16(15(22)19-25(23,24)10-5-6-10)7-8-20(9-16)14(21)13-11(17)3-2-4-12(13)18/h2-4,10H,5-9H2,1H3,(H,19,22). The van der Waals surface area contributed by atoms with Gasteiger partial charge in [0, 0.05) is 13.1 Å². The summed E-state index contributed by atoms with van der Waals surface area (Å²) in [4.78, 5) is 25.9. The number of nitrogens with one attached hydrogen (secondary N) is 1. The Kier molecular flexibility index (Phi) is 4.30. The molecule has 9 heteroatoms. The number of carbonyl (C=O) groups excluding carboxylic acids is 2. The van der Waals surface area contributed by atoms with Crippen molar-refractivity contribution in [1.82, 2.24) is 9.62 Å². The van der Waals surface area contributed by atoms with Crippen LogP contribution in [0, 0.1) is 17.0 Å². The summed E-state index contributed by atoms with van der Waals surface area (Å²) in [6.45, 7) is 1.54. The minimum atomic E-state index is -3.69. The quantitative estimate of drug-likeness (QED) is 0.867. The average molecular weight is 372 g/mol. The van der Waals surface area contributed by atoms with Crippen molar-refractivity contribution in [1.29, 1.82) is 0 Å². The molecule has 0 aromatic heterocycles. The van der Waals surface area contributed by atoms with E-state index in [9.17, 15) is 26.8 Å². The predicted octanol–water partition coefficient (Wildman–Crippen LogP) is 1.43. The van der Waals surface area contributed by atoms with Crippen molar-refractivity contribution in [3.05, 3.63) is 35.4 Å². The first-order valence-corrected chi connectivity index (χ1v) is 9.48. The Hall–Kier alpha value is -2.03. The molecule has 0 bridgehead atoms. The average Bonchev–Trinajstić information content (AvgIpc) is 3.30. The molecule has 3 rings (SSSR count). The minimum absolute atomic E-state index is 0.106. The van der Waals surface area contributed by atoms with Crippen LogP contribution in [0.2, 0.25) is 0 Å². The van der Waals surface area contributed by atoms with E-state index in [0.29, 0.717) is 12.8 Å². The summed E-state index contributed by atoms with van der Waals surface area (Å²) >= 11 is 0. The molecule has 1 aliphatic heterocycles. The van der Waals surface area contributed by atoms with E-state index < -0.39 is 49.7 Å². The lowest BCUT2D eigenvalue weighted by atomic mass is 9.89. The summed E-state index contributed by atoms with van der Waals surface area (Å²) in [5, 5.41) is -0.535. The highest BCUT2D eigenvalue weighted by Crippen LogP contribution is 2.33. The second kappa shape index (κ2) is 6.05. The largest absolute Gasteiger partial charge is 0.337 e. The first-order chi connectivity index (χ1) is 11.6. The predicted molar refractivity (Wildman–Crippen MR) is 85.1 cm³/mol. The highest BCUT2D eigenvalue weighted by Gasteiger charge is 2.46. The van der Waals surface area contributed by atoms with Crippen LogP contribution < -0.4 is 4.72 Å². The highest BCUT2D eigenvalue weighted by molar-refractivity contribution is 7.90. The number of amides is 2. The molecule has 1 atom stereocenters. The van der Waals surface area contributed by atoms with E-state index in [1.165, 1.54) is 11.8 Å². The lowest BCUT2D eigenvalue weighted by molar-refractivity contribution is -0.127. The number of sulfonamides is 1. The third-order valence-corrected chi connectivity index (χ3v) is 6.50. The number of benzene rings is 1. The fourth-order valence-electron chi connectivity index (χ4n) is 2.89. The molecule has 0 radical (unpaired) electrons.